The number of hydrogen-bond acceptors (Lipinski definition) is 20. The fourth-order valence-electron chi connectivity index (χ4n) is 8.65. The van der Waals surface area contributed by atoms with E-state index in [1.807, 2.05) is 228 Å². The van der Waals surface area contributed by atoms with Crippen molar-refractivity contribution in [3.05, 3.63) is 0 Å². The Bertz CT molecular complexity index is 3120. The van der Waals surface area contributed by atoms with Crippen molar-refractivity contribution in [1.82, 2.24) is 5.32 Å². The van der Waals surface area contributed by atoms with E-state index < -0.39 is 5.41 Å². The largest absolute Gasteiger partial charge is 0.380 e. The van der Waals surface area contributed by atoms with Crippen molar-refractivity contribution < 1.29 is 95.4 Å². The van der Waals surface area contributed by atoms with Crippen molar-refractivity contribution in [2.75, 3.05) is 112 Å². The lowest BCUT2D eigenvalue weighted by molar-refractivity contribution is -0.135. The summed E-state index contributed by atoms with van der Waals surface area (Å²) in [7, 11) is 0. The molecule has 0 saturated carbocycles. The summed E-state index contributed by atoms with van der Waals surface area (Å²) < 4.78 is 42.1. The van der Waals surface area contributed by atoms with Crippen molar-refractivity contribution in [2.24, 2.45) is 86.6 Å². The third-order valence-electron chi connectivity index (χ3n) is 19.4. The zero-order valence-corrected chi connectivity index (χ0v) is 94.3. The van der Waals surface area contributed by atoms with Gasteiger partial charge in [0, 0.05) is 123 Å². The van der Waals surface area contributed by atoms with Crippen molar-refractivity contribution in [3.8, 4) is 11.8 Å². The molecular formula is C110H209NO20. The maximum atomic E-state index is 11.6. The van der Waals surface area contributed by atoms with Crippen molar-refractivity contribution in [2.45, 2.75) is 429 Å². The molecule has 131 heavy (non-hydrogen) atoms. The first-order chi connectivity index (χ1) is 58.2. The van der Waals surface area contributed by atoms with Crippen LogP contribution in [0.4, 0.5) is 0 Å². The Morgan fingerprint density at radius 3 is 0.656 bits per heavy atom. The molecule has 21 heteroatoms. The number of amides is 1. The molecule has 0 aliphatic heterocycles. The number of ether oxygens (including phenoxy) is 8. The molecule has 21 nitrogen and oxygen atoms in total. The quantitative estimate of drug-likeness (QED) is 0.0438. The summed E-state index contributed by atoms with van der Waals surface area (Å²) in [6.07, 6.45) is 13.6. The molecule has 0 fully saturated rings. The normalized spacial score (nSPS) is 12.6. The van der Waals surface area contributed by atoms with Gasteiger partial charge in [-0.25, -0.2) is 0 Å². The molecule has 0 atom stereocenters. The van der Waals surface area contributed by atoms with Crippen molar-refractivity contribution >= 4 is 69.5 Å². The summed E-state index contributed by atoms with van der Waals surface area (Å²) in [5.41, 5.74) is -1.93. The van der Waals surface area contributed by atoms with Crippen LogP contribution in [0, 0.1) is 98.5 Å². The zero-order chi connectivity index (χ0) is 105. The Kier molecular flexibility index (Phi) is 71.9. The van der Waals surface area contributed by atoms with Gasteiger partial charge in [0.15, 0.2) is 34.7 Å². The van der Waals surface area contributed by atoms with Crippen LogP contribution in [-0.2, 0) is 95.4 Å². The average molecular weight is 1870 g/mol. The first kappa shape index (κ1) is 141. The van der Waals surface area contributed by atoms with E-state index in [9.17, 15) is 57.5 Å². The van der Waals surface area contributed by atoms with Gasteiger partial charge >= 0.3 is 0 Å². The molecule has 1 N–H and O–H groups in total. The predicted octanol–water partition coefficient (Wildman–Crippen LogP) is 25.0. The smallest absolute Gasteiger partial charge is 0.246 e. The lowest BCUT2D eigenvalue weighted by atomic mass is 9.83. The van der Waals surface area contributed by atoms with Crippen LogP contribution < -0.4 is 5.32 Å². The van der Waals surface area contributed by atoms with Gasteiger partial charge in [-0.3, -0.25) is 57.5 Å². The molecule has 0 rings (SSSR count). The highest BCUT2D eigenvalue weighted by Gasteiger charge is 2.30. The topological polar surface area (TPSA) is 291 Å². The van der Waals surface area contributed by atoms with Crippen LogP contribution >= 0.6 is 0 Å². The van der Waals surface area contributed by atoms with Crippen LogP contribution in [-0.4, -0.2) is 182 Å². The Labute approximate surface area is 805 Å². The summed E-state index contributed by atoms with van der Waals surface area (Å²) in [6.45, 7) is 101. The van der Waals surface area contributed by atoms with Gasteiger partial charge in [0.2, 0.25) is 5.91 Å². The zero-order valence-electron chi connectivity index (χ0n) is 94.3. The van der Waals surface area contributed by atoms with E-state index in [2.05, 4.69) is 121 Å². The number of ketones is 11. The maximum absolute atomic E-state index is 11.6. The molecule has 0 aromatic carbocycles. The van der Waals surface area contributed by atoms with Gasteiger partial charge in [0.05, 0.1) is 46.2 Å². The predicted molar refractivity (Wildman–Crippen MR) is 543 cm³/mol. The van der Waals surface area contributed by atoms with Gasteiger partial charge in [-0.2, -0.15) is 0 Å². The van der Waals surface area contributed by atoms with E-state index >= 15 is 0 Å². The number of Topliss-reactive ketones (excluding diaryl/α,β-unsaturated/α-hetero) is 11. The first-order valence-corrected chi connectivity index (χ1v) is 48.4. The molecule has 0 bridgehead atoms. The number of hydrogen-bond donors (Lipinski definition) is 1. The van der Waals surface area contributed by atoms with Gasteiger partial charge in [0.25, 0.3) is 0 Å². The minimum Gasteiger partial charge on any atom is -0.380 e. The SMILES string of the molecule is CC(C)(C)C#CCCCC(=O)C(C)(C)C.CC(C)(C)C(=O)CCC(=O)C(C)(C)C.CC(C)(C)C(=O)COCCOCC(=O)C(C)(C)C.CC(C)(C)C(=O)COCCOCC(=O)C(C)(C)C.CC(C)(C)CCCC(=O)C(C)(C)C.CC(C)(C)CCCCCC(=O)C(C)(C)C.CC(C)(C)CCOCCNC(=O)COCC(=O)C(C)(C)C.CC(C)(C)CCOCCOCC(=O)C(C)(C)C. The second-order valence-electron chi connectivity index (χ2n) is 51.8. The van der Waals surface area contributed by atoms with Crippen molar-refractivity contribution in [1.29, 1.82) is 0 Å². The molecule has 0 aliphatic rings. The molecule has 0 aromatic heterocycles. The Balaban J connectivity index is -0.000000221. The first-order valence-electron chi connectivity index (χ1n) is 48.4. The summed E-state index contributed by atoms with van der Waals surface area (Å²) in [5.74, 6) is 7.89. The lowest BCUT2D eigenvalue weighted by Gasteiger charge is -2.20. The van der Waals surface area contributed by atoms with Crippen molar-refractivity contribution in [3.63, 3.8) is 0 Å². The van der Waals surface area contributed by atoms with Crippen LogP contribution in [0.2, 0.25) is 0 Å². The molecular weight excluding hydrogens is 1660 g/mol. The molecule has 0 unspecified atom stereocenters. The maximum Gasteiger partial charge on any atom is 0.246 e. The van der Waals surface area contributed by atoms with E-state index in [4.69, 9.17) is 37.9 Å². The van der Waals surface area contributed by atoms with Gasteiger partial charge in [-0.15, -0.1) is 5.92 Å². The number of nitrogens with one attached hydrogen (secondary N) is 1. The minimum atomic E-state index is -0.433. The molecule has 0 saturated heterocycles. The third kappa shape index (κ3) is 102. The molecule has 0 heterocycles. The Morgan fingerprint density at radius 1 is 0.198 bits per heavy atom. The van der Waals surface area contributed by atoms with E-state index in [1.54, 1.807) is 0 Å². The van der Waals surface area contributed by atoms with Crippen LogP contribution in [0.3, 0.4) is 0 Å². The highest BCUT2D eigenvalue weighted by atomic mass is 16.5. The minimum absolute atomic E-state index is 0.0131. The van der Waals surface area contributed by atoms with Crippen LogP contribution in [0.15, 0.2) is 0 Å². The van der Waals surface area contributed by atoms with E-state index in [1.165, 1.54) is 19.3 Å². The molecule has 0 aromatic rings. The van der Waals surface area contributed by atoms with E-state index in [0.717, 1.165) is 64.4 Å². The summed E-state index contributed by atoms with van der Waals surface area (Å²) >= 11 is 0. The van der Waals surface area contributed by atoms with Gasteiger partial charge in [0.1, 0.15) is 75.2 Å². The van der Waals surface area contributed by atoms with Crippen LogP contribution in [0.25, 0.3) is 0 Å². The van der Waals surface area contributed by atoms with E-state index in [-0.39, 0.29) is 163 Å². The highest BCUT2D eigenvalue weighted by molar-refractivity contribution is 5.91. The molecule has 0 aliphatic carbocycles. The molecule has 0 spiro atoms. The second-order valence-corrected chi connectivity index (χ2v) is 51.8. The molecule has 774 valence electrons. The van der Waals surface area contributed by atoms with Gasteiger partial charge < -0.3 is 43.2 Å². The number of unbranched alkanes of at least 4 members (excludes halogenated alkanes) is 3. The standard InChI is InChI=1S/C16H31NO4.2C14H26O4.C14H28O3.C14H28O.C14H24O.C12H22O2.C12H24O/c1-15(2,3)7-9-20-10-8-17-14(19)12-21-11-13(18)16(4,5)6;2*1-13(2,3)11(15)9-17-7-8-18-10-12(16)14(4,5)6;1-13(2,3)7-8-16-9-10-17-11-12(15)14(4,5)6;2*1-13(2,3)11-9-7-8-10-12(15)14(4,5)6;1-11(2,3)9(13)7-8-10(14)12(4,5)6;1-11(2,3)9-7-8-10(13)12(4,5)6/h7-12H2,1-6H3,(H,17,19);2*7-10H2,1-6H3;7-11H2,1-6H3;7-11H2,1-6H3;7-8,10H2,1-6H3;7-8H2,1-6H3;7-9H2,1-6H3. The van der Waals surface area contributed by atoms with E-state index in [0.29, 0.717) is 112 Å². The van der Waals surface area contributed by atoms with Crippen LogP contribution in [0.1, 0.15) is 429 Å². The Hall–Kier alpha value is -4.92. The molecule has 1 amide bonds. The third-order valence-corrected chi connectivity index (χ3v) is 19.4. The van der Waals surface area contributed by atoms with Crippen LogP contribution in [0.5, 0.6) is 0 Å². The summed E-state index contributed by atoms with van der Waals surface area (Å²) in [6, 6.07) is 0. The highest BCUT2D eigenvalue weighted by Crippen LogP contribution is 2.29. The number of rotatable bonds is 44. The summed E-state index contributed by atoms with van der Waals surface area (Å²) in [5, 5.41) is 2.69. The number of carbonyl (C=O) groups is 12. The van der Waals surface area contributed by atoms with Gasteiger partial charge in [-0.05, 0) is 87.4 Å². The average Bonchev–Trinajstić information content (AvgIpc) is 0.877. The lowest BCUT2D eigenvalue weighted by Crippen LogP contribution is -2.33. The fraction of sp³-hybridized carbons (Fsp3) is 0.873. The van der Waals surface area contributed by atoms with Gasteiger partial charge in [-0.1, -0.05) is 330 Å². The Morgan fingerprint density at radius 2 is 0.412 bits per heavy atom. The second kappa shape index (κ2) is 66.6. The summed E-state index contributed by atoms with van der Waals surface area (Å²) in [4.78, 5) is 138. The monoisotopic (exact) mass is 1860 g/mol. The molecule has 0 radical (unpaired) electrons. The number of carbonyl (C=O) groups excluding carboxylic acids is 12. The fourth-order valence-corrected chi connectivity index (χ4v) is 8.65.